The maximum absolute atomic E-state index is 5.73. The van der Waals surface area contributed by atoms with Crippen LogP contribution in [0.5, 0.6) is 0 Å². The van der Waals surface area contributed by atoms with E-state index >= 15 is 0 Å². The van der Waals surface area contributed by atoms with E-state index in [0.717, 1.165) is 169 Å². The fourth-order valence-corrected chi connectivity index (χ4v) is 17.3. The lowest BCUT2D eigenvalue weighted by Crippen LogP contribution is -2.10. The van der Waals surface area contributed by atoms with Crippen molar-refractivity contribution in [3.05, 3.63) is 473 Å². The van der Waals surface area contributed by atoms with Crippen molar-refractivity contribution in [3.63, 3.8) is 0 Å². The Morgan fingerprint density at radius 3 is 0.415 bits per heavy atom. The summed E-state index contributed by atoms with van der Waals surface area (Å²) in [4.78, 5) is 31.0. The van der Waals surface area contributed by atoms with Gasteiger partial charge in [0.15, 0.2) is 0 Å². The molecule has 0 saturated heterocycles. The normalized spacial score (nSPS) is 11.4. The Bertz CT molecular complexity index is 6610. The first-order valence-corrected chi connectivity index (χ1v) is 41.5. The van der Waals surface area contributed by atoms with Gasteiger partial charge in [0.2, 0.25) is 17.3 Å². The maximum Gasteiger partial charge on any atom is 0.225 e. The molecule has 0 fully saturated rings. The van der Waals surface area contributed by atoms with Gasteiger partial charge >= 0.3 is 0 Å². The number of aromatic nitrogens is 6. The summed E-state index contributed by atoms with van der Waals surface area (Å²) in [5.74, 6) is 2.03. The van der Waals surface area contributed by atoms with Crippen LogP contribution in [0.4, 0.5) is 102 Å². The van der Waals surface area contributed by atoms with E-state index < -0.39 is 0 Å². The maximum atomic E-state index is 5.73. The number of anilines is 18. The van der Waals surface area contributed by atoms with Crippen LogP contribution in [0.3, 0.4) is 0 Å². The molecule has 0 saturated carbocycles. The van der Waals surface area contributed by atoms with Crippen molar-refractivity contribution in [2.45, 2.75) is 0 Å². The summed E-state index contributed by atoms with van der Waals surface area (Å²) in [6, 6.07) is 168. The van der Waals surface area contributed by atoms with Crippen LogP contribution in [0.1, 0.15) is 0 Å². The lowest BCUT2D eigenvalue weighted by Gasteiger charge is -2.26. The molecule has 0 atom stereocenters. The summed E-state index contributed by atoms with van der Waals surface area (Å²) in [7, 11) is 0. The molecule has 12 heteroatoms. The van der Waals surface area contributed by atoms with Crippen LogP contribution < -0.4 is 29.4 Å². The summed E-state index contributed by atoms with van der Waals surface area (Å²) in [6.07, 6.45) is 0. The molecule has 0 unspecified atom stereocenters. The quantitative estimate of drug-likeness (QED) is 0.0700. The van der Waals surface area contributed by atoms with E-state index in [1.165, 1.54) is 0 Å². The van der Waals surface area contributed by atoms with Crippen LogP contribution in [-0.4, -0.2) is 28.2 Å². The number of fused-ring (bicyclic) bond motifs is 12. The van der Waals surface area contributed by atoms with Crippen LogP contribution in [0.15, 0.2) is 473 Å². The van der Waals surface area contributed by atoms with Gasteiger partial charge in [0.05, 0.1) is 33.1 Å². The molecule has 0 spiro atoms. The molecule has 0 aliphatic carbocycles. The Kier molecular flexibility index (Phi) is 18.6. The van der Waals surface area contributed by atoms with Gasteiger partial charge in [0.25, 0.3) is 0 Å². The van der Waals surface area contributed by atoms with Crippen molar-refractivity contribution in [1.82, 2.24) is 28.2 Å². The number of para-hydroxylation sites is 9. The van der Waals surface area contributed by atoms with Gasteiger partial charge in [-0.25, -0.2) is 28.2 Å². The van der Waals surface area contributed by atoms with E-state index in [2.05, 4.69) is 516 Å². The van der Waals surface area contributed by atoms with Gasteiger partial charge in [-0.05, 0) is 270 Å². The van der Waals surface area contributed by atoms with Crippen LogP contribution >= 0.6 is 0 Å². The standard InChI is InChI=1S/C111H78N12/c1-10-28-85(29-11-1)115(86-30-12-2-13-31-86)94-58-46-79(47-59-94)82-52-64-97(65-53-82)118(91-40-22-7-23-41-91)100-70-73-106-103(76-100)112-109-121(106)110-113-105-78-102(120(93-44-26-9-27-45-93)99-68-56-84(57-69-99)81-50-62-96(63-51-81)117(89-36-18-5-19-37-89)90-38-20-6-21-39-90)72-75-108(105)123(110)111-114-104-77-101(71-74-107(104)122(109)111)119(92-42-24-8-25-43-92)98-66-54-83(55-67-98)80-48-60-95(61-49-80)116(87-32-14-3-15-33-87)88-34-16-4-17-35-88/h1-78H. The topological polar surface area (TPSA) is 71.3 Å². The molecule has 22 aromatic rings. The highest BCUT2D eigenvalue weighted by Gasteiger charge is 2.27. The number of imidazole rings is 3. The second-order valence-electron chi connectivity index (χ2n) is 30.6. The lowest BCUT2D eigenvalue weighted by atomic mass is 10.0. The van der Waals surface area contributed by atoms with E-state index in [9.17, 15) is 0 Å². The minimum Gasteiger partial charge on any atom is -0.311 e. The van der Waals surface area contributed by atoms with Crippen molar-refractivity contribution in [2.75, 3.05) is 29.4 Å². The molecule has 4 aromatic heterocycles. The highest BCUT2D eigenvalue weighted by Crippen LogP contribution is 2.46. The highest BCUT2D eigenvalue weighted by molar-refractivity contribution is 5.97. The molecule has 0 radical (unpaired) electrons. The Balaban J connectivity index is 0.653. The van der Waals surface area contributed by atoms with Gasteiger partial charge in [-0.3, -0.25) is 0 Å². The average Bonchev–Trinajstić information content (AvgIpc) is 1.53. The van der Waals surface area contributed by atoms with Crippen molar-refractivity contribution in [1.29, 1.82) is 0 Å². The Morgan fingerprint density at radius 2 is 0.260 bits per heavy atom. The van der Waals surface area contributed by atoms with Crippen LogP contribution in [0, 0.1) is 0 Å². The molecule has 12 nitrogen and oxygen atoms in total. The number of hydrogen-bond donors (Lipinski definition) is 0. The third-order valence-electron chi connectivity index (χ3n) is 23.1. The second kappa shape index (κ2) is 31.6. The lowest BCUT2D eigenvalue weighted by molar-refractivity contribution is 1.01. The molecule has 0 aliphatic heterocycles. The zero-order valence-electron chi connectivity index (χ0n) is 66.9. The number of hydrogen-bond acceptors (Lipinski definition) is 9. The molecule has 4 heterocycles. The van der Waals surface area contributed by atoms with Crippen LogP contribution in [0.2, 0.25) is 0 Å². The van der Waals surface area contributed by atoms with E-state index in [-0.39, 0.29) is 0 Å². The molecule has 22 rings (SSSR count). The Hall–Kier alpha value is -16.8. The van der Waals surface area contributed by atoms with Crippen molar-refractivity contribution in [2.24, 2.45) is 0 Å². The van der Waals surface area contributed by atoms with Crippen molar-refractivity contribution >= 4 is 153 Å². The Labute approximate surface area is 712 Å². The largest absolute Gasteiger partial charge is 0.311 e. The zero-order chi connectivity index (χ0) is 81.5. The smallest absolute Gasteiger partial charge is 0.225 e. The van der Waals surface area contributed by atoms with Crippen molar-refractivity contribution in [3.8, 4) is 33.4 Å². The minimum atomic E-state index is 0.675. The molecular weight excluding hydrogens is 1500 g/mol. The second-order valence-corrected chi connectivity index (χ2v) is 30.6. The van der Waals surface area contributed by atoms with Crippen molar-refractivity contribution < 1.29 is 0 Å². The first kappa shape index (κ1) is 72.6. The van der Waals surface area contributed by atoms with Gasteiger partial charge in [-0.2, -0.15) is 0 Å². The van der Waals surface area contributed by atoms with E-state index in [4.69, 9.17) is 15.0 Å². The summed E-state index contributed by atoms with van der Waals surface area (Å²) in [6.45, 7) is 0. The van der Waals surface area contributed by atoms with E-state index in [1.54, 1.807) is 0 Å². The number of rotatable bonds is 21. The monoisotopic (exact) mass is 1580 g/mol. The van der Waals surface area contributed by atoms with E-state index in [1.807, 2.05) is 0 Å². The predicted octanol–water partition coefficient (Wildman–Crippen LogP) is 29.9. The molecule has 18 aromatic carbocycles. The van der Waals surface area contributed by atoms with Crippen LogP contribution in [0.25, 0.3) is 83.8 Å². The van der Waals surface area contributed by atoms with Gasteiger partial charge in [0, 0.05) is 102 Å². The first-order chi connectivity index (χ1) is 61.0. The molecule has 0 aliphatic rings. The molecule has 0 N–H and O–H groups in total. The molecule has 0 amide bonds. The SMILES string of the molecule is c1ccc(N(c2ccccc2)c2ccc(-c3ccc(N(c4ccccc4)c4ccc5c(c4)nc4n5c5nc6cc(N(c7ccccc7)c7ccc(-c8ccc(N(c9ccccc9)c9ccccc9)cc8)cc7)ccc6n5c5nc6cc(N(c7ccccc7)c7ccc(-c8ccc(N(c9ccccc9)c9ccccc9)cc8)cc7)ccc6n45)cc3)cc2)cc1. The highest BCUT2D eigenvalue weighted by atomic mass is 15.3. The predicted molar refractivity (Wildman–Crippen MR) is 510 cm³/mol. The number of nitrogens with zero attached hydrogens (tertiary/aromatic N) is 12. The fraction of sp³-hybridized carbons (Fsp3) is 0. The summed E-state index contributed by atoms with van der Waals surface area (Å²) >= 11 is 0. The summed E-state index contributed by atoms with van der Waals surface area (Å²) < 4.78 is 6.63. The van der Waals surface area contributed by atoms with Gasteiger partial charge in [0.1, 0.15) is 0 Å². The Morgan fingerprint density at radius 1 is 0.130 bits per heavy atom. The summed E-state index contributed by atoms with van der Waals surface area (Å²) in [5, 5.41) is 0. The zero-order valence-corrected chi connectivity index (χ0v) is 66.9. The number of benzene rings is 18. The first-order valence-electron chi connectivity index (χ1n) is 41.5. The molecule has 0 bridgehead atoms. The molecular formula is C111H78N12. The van der Waals surface area contributed by atoms with Gasteiger partial charge in [-0.1, -0.05) is 237 Å². The molecule has 123 heavy (non-hydrogen) atoms. The van der Waals surface area contributed by atoms with E-state index in [0.29, 0.717) is 17.3 Å². The minimum absolute atomic E-state index is 0.675. The van der Waals surface area contributed by atoms with Gasteiger partial charge in [-0.15, -0.1) is 0 Å². The fourth-order valence-electron chi connectivity index (χ4n) is 17.3. The third kappa shape index (κ3) is 13.7. The van der Waals surface area contributed by atoms with Gasteiger partial charge < -0.3 is 29.4 Å². The average molecular weight is 1580 g/mol. The summed E-state index contributed by atoms with van der Waals surface area (Å²) in [5.41, 5.74) is 30.4. The third-order valence-corrected chi connectivity index (χ3v) is 23.1. The van der Waals surface area contributed by atoms with Crippen LogP contribution in [-0.2, 0) is 0 Å². The molecule has 582 valence electrons.